The first-order valence-electron chi connectivity index (χ1n) is 11.4. The van der Waals surface area contributed by atoms with Crippen LogP contribution in [0, 0.1) is 13.8 Å². The van der Waals surface area contributed by atoms with Crippen LogP contribution in [0.25, 0.3) is 11.4 Å². The van der Waals surface area contributed by atoms with E-state index in [1.54, 1.807) is 43.3 Å². The Morgan fingerprint density at radius 1 is 1.00 bits per heavy atom. The smallest absolute Gasteiger partial charge is 0.251 e. The number of benzene rings is 3. The summed E-state index contributed by atoms with van der Waals surface area (Å²) in [6, 6.07) is 22.0. The van der Waals surface area contributed by atoms with Gasteiger partial charge in [-0.3, -0.25) is 9.59 Å². The number of H-pyrrole nitrogens is 1. The number of halogens is 1. The number of hydrogen-bond donors (Lipinski definition) is 2. The minimum atomic E-state index is -3.97. The van der Waals surface area contributed by atoms with Gasteiger partial charge >= 0.3 is 0 Å². The Hall–Kier alpha value is -3.60. The molecule has 37 heavy (non-hydrogen) atoms. The van der Waals surface area contributed by atoms with E-state index in [-0.39, 0.29) is 17.0 Å². The van der Waals surface area contributed by atoms with Crippen LogP contribution in [0.3, 0.4) is 0 Å². The third kappa shape index (κ3) is 6.79. The van der Waals surface area contributed by atoms with Crippen LogP contribution in [0.5, 0.6) is 0 Å². The number of rotatable bonds is 8. The Labute approximate surface area is 223 Å². The molecule has 1 aromatic heterocycles. The zero-order valence-corrected chi connectivity index (χ0v) is 22.6. The summed E-state index contributed by atoms with van der Waals surface area (Å²) in [5.41, 5.74) is 3.16. The average molecular weight is 581 g/mol. The van der Waals surface area contributed by atoms with Crippen molar-refractivity contribution in [1.82, 2.24) is 14.3 Å². The van der Waals surface area contributed by atoms with Gasteiger partial charge in [0.25, 0.3) is 5.56 Å². The third-order valence-corrected chi connectivity index (χ3v) is 7.87. The lowest BCUT2D eigenvalue weighted by Crippen LogP contribution is -2.37. The molecule has 2 N–H and O–H groups in total. The number of aryl methyl sites for hydroxylation is 2. The summed E-state index contributed by atoms with van der Waals surface area (Å²) in [4.78, 5) is 32.0. The monoisotopic (exact) mass is 580 g/mol. The summed E-state index contributed by atoms with van der Waals surface area (Å²) in [5.74, 6) is -0.129. The van der Waals surface area contributed by atoms with Crippen molar-refractivity contribution < 1.29 is 13.2 Å². The molecular weight excluding hydrogens is 556 g/mol. The zero-order valence-electron chi connectivity index (χ0n) is 20.2. The van der Waals surface area contributed by atoms with Crippen LogP contribution in [-0.2, 0) is 21.4 Å². The maximum atomic E-state index is 13.5. The predicted octanol–water partition coefficient (Wildman–Crippen LogP) is 4.65. The Morgan fingerprint density at radius 3 is 2.38 bits per heavy atom. The molecule has 4 aromatic rings. The highest BCUT2D eigenvalue weighted by Crippen LogP contribution is 2.22. The van der Waals surface area contributed by atoms with Crippen LogP contribution in [0.1, 0.15) is 16.8 Å². The number of carbonyl (C=O) groups is 1. The summed E-state index contributed by atoms with van der Waals surface area (Å²) in [7, 11) is -3.97. The molecule has 1 amide bonds. The largest absolute Gasteiger partial charge is 0.325 e. The van der Waals surface area contributed by atoms with E-state index in [9.17, 15) is 18.0 Å². The topological polar surface area (TPSA) is 112 Å². The van der Waals surface area contributed by atoms with E-state index in [2.05, 4.69) is 31.2 Å². The van der Waals surface area contributed by atoms with Crippen LogP contribution in [-0.4, -0.2) is 35.1 Å². The fourth-order valence-electron chi connectivity index (χ4n) is 3.70. The standard InChI is InChI=1S/C27H25BrN4O4S/c1-18-6-8-20(9-7-18)16-32(37(35,36)24-12-10-22(28)11-13-24)17-26(34)30-23-5-3-4-21(15-23)27-29-19(2)14-25(33)31-27/h3-15H,16-17H2,1-2H3,(H,30,34)(H,29,31,33). The quantitative estimate of drug-likeness (QED) is 0.315. The Bertz CT molecular complexity index is 1580. The molecule has 0 aliphatic rings. The molecule has 0 atom stereocenters. The molecule has 0 bridgehead atoms. The summed E-state index contributed by atoms with van der Waals surface area (Å²) >= 11 is 3.32. The van der Waals surface area contributed by atoms with E-state index < -0.39 is 22.5 Å². The van der Waals surface area contributed by atoms with Gasteiger partial charge in [-0.25, -0.2) is 13.4 Å². The number of amides is 1. The first-order chi connectivity index (χ1) is 17.6. The summed E-state index contributed by atoms with van der Waals surface area (Å²) in [6.07, 6.45) is 0. The van der Waals surface area contributed by atoms with Gasteiger partial charge in [-0.05, 0) is 55.8 Å². The molecule has 0 aliphatic carbocycles. The number of aromatic amines is 1. The van der Waals surface area contributed by atoms with Crippen molar-refractivity contribution in [2.75, 3.05) is 11.9 Å². The van der Waals surface area contributed by atoms with Crippen molar-refractivity contribution in [3.63, 3.8) is 0 Å². The number of nitrogens with one attached hydrogen (secondary N) is 2. The van der Waals surface area contributed by atoms with Gasteiger partial charge in [0.05, 0.1) is 11.4 Å². The van der Waals surface area contributed by atoms with Crippen LogP contribution >= 0.6 is 15.9 Å². The van der Waals surface area contributed by atoms with Crippen molar-refractivity contribution >= 4 is 37.5 Å². The predicted molar refractivity (Wildman–Crippen MR) is 147 cm³/mol. The van der Waals surface area contributed by atoms with Crippen molar-refractivity contribution in [3.05, 3.63) is 111 Å². The van der Waals surface area contributed by atoms with Gasteiger partial charge in [0.2, 0.25) is 15.9 Å². The fourth-order valence-corrected chi connectivity index (χ4v) is 5.35. The van der Waals surface area contributed by atoms with Crippen LogP contribution in [0.15, 0.2) is 93.0 Å². The number of hydrogen-bond acceptors (Lipinski definition) is 5. The molecule has 1 heterocycles. The van der Waals surface area contributed by atoms with Gasteiger partial charge in [0.1, 0.15) is 5.82 Å². The molecule has 3 aromatic carbocycles. The third-order valence-electron chi connectivity index (χ3n) is 5.54. The van der Waals surface area contributed by atoms with Crippen molar-refractivity contribution in [2.45, 2.75) is 25.3 Å². The van der Waals surface area contributed by atoms with E-state index >= 15 is 0 Å². The lowest BCUT2D eigenvalue weighted by Gasteiger charge is -2.22. The number of nitrogens with zero attached hydrogens (tertiary/aromatic N) is 2. The second-order valence-corrected chi connectivity index (χ2v) is 11.4. The van der Waals surface area contributed by atoms with Crippen LogP contribution in [0.4, 0.5) is 5.69 Å². The minimum Gasteiger partial charge on any atom is -0.325 e. The maximum Gasteiger partial charge on any atom is 0.251 e. The highest BCUT2D eigenvalue weighted by Gasteiger charge is 2.27. The second kappa shape index (κ2) is 11.2. The summed E-state index contributed by atoms with van der Waals surface area (Å²) in [5, 5.41) is 2.77. The lowest BCUT2D eigenvalue weighted by atomic mass is 10.1. The SMILES string of the molecule is Cc1ccc(CN(CC(=O)Nc2cccc(-c3nc(C)cc(=O)[nH]3)c2)S(=O)(=O)c2ccc(Br)cc2)cc1. The molecular formula is C27H25BrN4O4S. The number of anilines is 1. The van der Waals surface area contributed by atoms with E-state index in [0.29, 0.717) is 22.8 Å². The Morgan fingerprint density at radius 2 is 1.70 bits per heavy atom. The molecule has 0 saturated heterocycles. The molecule has 190 valence electrons. The molecule has 4 rings (SSSR count). The number of aromatic nitrogens is 2. The zero-order chi connectivity index (χ0) is 26.6. The van der Waals surface area contributed by atoms with Crippen LogP contribution in [0.2, 0.25) is 0 Å². The van der Waals surface area contributed by atoms with Gasteiger partial charge in [-0.1, -0.05) is 57.9 Å². The van der Waals surface area contributed by atoms with Gasteiger partial charge in [0, 0.05) is 34.0 Å². The molecule has 0 saturated carbocycles. The Kier molecular flexibility index (Phi) is 8.01. The molecule has 0 radical (unpaired) electrons. The highest BCUT2D eigenvalue weighted by molar-refractivity contribution is 9.10. The number of carbonyl (C=O) groups excluding carboxylic acids is 1. The first kappa shape index (κ1) is 26.5. The van der Waals surface area contributed by atoms with Gasteiger partial charge < -0.3 is 10.3 Å². The molecule has 0 spiro atoms. The summed E-state index contributed by atoms with van der Waals surface area (Å²) in [6.45, 7) is 3.30. The first-order valence-corrected chi connectivity index (χ1v) is 13.6. The normalized spacial score (nSPS) is 11.5. The molecule has 0 aliphatic heterocycles. The molecule has 0 unspecified atom stereocenters. The van der Waals surface area contributed by atoms with Crippen molar-refractivity contribution in [3.8, 4) is 11.4 Å². The van der Waals surface area contributed by atoms with E-state index in [4.69, 9.17) is 0 Å². The minimum absolute atomic E-state index is 0.0284. The van der Waals surface area contributed by atoms with Gasteiger partial charge in [-0.2, -0.15) is 4.31 Å². The van der Waals surface area contributed by atoms with Crippen LogP contribution < -0.4 is 10.9 Å². The fraction of sp³-hybridized carbons (Fsp3) is 0.148. The highest BCUT2D eigenvalue weighted by atomic mass is 79.9. The van der Waals surface area contributed by atoms with E-state index in [1.807, 2.05) is 31.2 Å². The Balaban J connectivity index is 1.58. The lowest BCUT2D eigenvalue weighted by molar-refractivity contribution is -0.116. The summed E-state index contributed by atoms with van der Waals surface area (Å²) < 4.78 is 28.9. The van der Waals surface area contributed by atoms with E-state index in [0.717, 1.165) is 19.9 Å². The average Bonchev–Trinajstić information content (AvgIpc) is 2.85. The van der Waals surface area contributed by atoms with Gasteiger partial charge in [0.15, 0.2) is 0 Å². The van der Waals surface area contributed by atoms with Gasteiger partial charge in [-0.15, -0.1) is 0 Å². The molecule has 0 fully saturated rings. The molecule has 10 heteroatoms. The second-order valence-electron chi connectivity index (χ2n) is 8.58. The van der Waals surface area contributed by atoms with Crippen molar-refractivity contribution in [1.29, 1.82) is 0 Å². The maximum absolute atomic E-state index is 13.5. The molecule has 8 nitrogen and oxygen atoms in total. The van der Waals surface area contributed by atoms with E-state index in [1.165, 1.54) is 18.2 Å². The number of sulfonamides is 1. The van der Waals surface area contributed by atoms with Crippen molar-refractivity contribution in [2.24, 2.45) is 0 Å².